The van der Waals surface area contributed by atoms with Gasteiger partial charge in [0.15, 0.2) is 5.76 Å². The summed E-state index contributed by atoms with van der Waals surface area (Å²) in [6, 6.07) is 16.6. The molecule has 0 aliphatic rings. The largest absolute Gasteiger partial charge is 0.489 e. The van der Waals surface area contributed by atoms with Gasteiger partial charge < -0.3 is 19.0 Å². The lowest BCUT2D eigenvalue weighted by molar-refractivity contribution is 0.0952. The quantitative estimate of drug-likeness (QED) is 0.391. The molecule has 5 rings (SSSR count). The summed E-state index contributed by atoms with van der Waals surface area (Å²) in [6.07, 6.45) is 5.05. The van der Waals surface area contributed by atoms with Crippen molar-refractivity contribution in [2.75, 3.05) is 0 Å². The number of carbonyl (C=O) groups is 1. The molecule has 0 fully saturated rings. The maximum Gasteiger partial charge on any atom is 0.259 e. The van der Waals surface area contributed by atoms with Crippen LogP contribution in [0.25, 0.3) is 22.6 Å². The molecule has 33 heavy (non-hydrogen) atoms. The highest BCUT2D eigenvalue weighted by Crippen LogP contribution is 2.27. The van der Waals surface area contributed by atoms with Gasteiger partial charge in [0.25, 0.3) is 11.6 Å². The predicted octanol–water partition coefficient (Wildman–Crippen LogP) is 4.70. The first-order valence-corrected chi connectivity index (χ1v) is 10.4. The van der Waals surface area contributed by atoms with Crippen molar-refractivity contribution in [3.05, 3.63) is 95.6 Å². The van der Waals surface area contributed by atoms with Gasteiger partial charge in [-0.3, -0.25) is 9.78 Å². The Bertz CT molecular complexity index is 1380. The Kier molecular flexibility index (Phi) is 5.55. The van der Waals surface area contributed by atoms with E-state index in [0.29, 0.717) is 47.0 Å². The van der Waals surface area contributed by atoms with Crippen LogP contribution < -0.4 is 10.1 Å². The molecule has 1 amide bonds. The van der Waals surface area contributed by atoms with Crippen LogP contribution in [0.4, 0.5) is 0 Å². The molecule has 0 radical (unpaired) electrons. The molecule has 1 N–H and O–H groups in total. The van der Waals surface area contributed by atoms with Gasteiger partial charge in [-0.25, -0.2) is 4.98 Å². The third kappa shape index (κ3) is 4.45. The van der Waals surface area contributed by atoms with Gasteiger partial charge in [0.05, 0.1) is 22.9 Å². The number of carbonyl (C=O) groups excluding carboxylic acids is 1. The number of fused-ring (bicyclic) bond motifs is 1. The van der Waals surface area contributed by atoms with Gasteiger partial charge in [0.1, 0.15) is 18.1 Å². The summed E-state index contributed by atoms with van der Waals surface area (Å²) < 4.78 is 16.5. The first-order valence-electron chi connectivity index (χ1n) is 10.4. The molecular formula is C25H20N4O4. The number of nitrogens with zero attached hydrogens (tertiary/aromatic N) is 3. The van der Waals surface area contributed by atoms with E-state index >= 15 is 0 Å². The van der Waals surface area contributed by atoms with Crippen LogP contribution in [0.5, 0.6) is 5.75 Å². The van der Waals surface area contributed by atoms with Crippen molar-refractivity contribution in [3.63, 3.8) is 0 Å². The van der Waals surface area contributed by atoms with Crippen molar-refractivity contribution < 1.29 is 18.5 Å². The van der Waals surface area contributed by atoms with Crippen molar-refractivity contribution in [1.82, 2.24) is 20.4 Å². The number of hydrogen-bond acceptors (Lipinski definition) is 7. The standard InChI is InChI=1S/C25H20N4O4/c1-16-23-20(12-21(22-5-3-11-31-22)28-25(23)33-29-16)24(30)27-14-17-6-8-19(9-7-17)32-15-18-4-2-10-26-13-18/h2-13H,14-15H2,1H3,(H,27,30). The highest BCUT2D eigenvalue weighted by molar-refractivity contribution is 6.06. The molecule has 0 bridgehead atoms. The molecule has 0 aliphatic carbocycles. The summed E-state index contributed by atoms with van der Waals surface area (Å²) in [6.45, 7) is 2.57. The second-order valence-electron chi connectivity index (χ2n) is 7.46. The highest BCUT2D eigenvalue weighted by Gasteiger charge is 2.20. The SMILES string of the molecule is Cc1noc2nc(-c3ccco3)cc(C(=O)NCc3ccc(OCc4cccnc4)cc3)c12. The zero-order valence-corrected chi connectivity index (χ0v) is 17.8. The van der Waals surface area contributed by atoms with Crippen LogP contribution >= 0.6 is 0 Å². The first-order chi connectivity index (χ1) is 16.2. The van der Waals surface area contributed by atoms with Gasteiger partial charge in [-0.05, 0) is 48.9 Å². The first kappa shape index (κ1) is 20.4. The molecule has 8 heteroatoms. The minimum atomic E-state index is -0.251. The van der Waals surface area contributed by atoms with E-state index in [1.54, 1.807) is 43.8 Å². The lowest BCUT2D eigenvalue weighted by Gasteiger charge is -2.09. The lowest BCUT2D eigenvalue weighted by atomic mass is 10.1. The van der Waals surface area contributed by atoms with Crippen LogP contribution in [0.2, 0.25) is 0 Å². The molecular weight excluding hydrogens is 420 g/mol. The lowest BCUT2D eigenvalue weighted by Crippen LogP contribution is -2.23. The molecule has 0 unspecified atom stereocenters. The predicted molar refractivity (Wildman–Crippen MR) is 120 cm³/mol. The van der Waals surface area contributed by atoms with Gasteiger partial charge >= 0.3 is 0 Å². The fourth-order valence-corrected chi connectivity index (χ4v) is 3.46. The maximum atomic E-state index is 13.1. The Balaban J connectivity index is 1.28. The third-order valence-electron chi connectivity index (χ3n) is 5.14. The average molecular weight is 440 g/mol. The summed E-state index contributed by atoms with van der Waals surface area (Å²) in [4.78, 5) is 21.6. The smallest absolute Gasteiger partial charge is 0.259 e. The van der Waals surface area contributed by atoms with Gasteiger partial charge in [-0.1, -0.05) is 23.4 Å². The molecule has 8 nitrogen and oxygen atoms in total. The van der Waals surface area contributed by atoms with Crippen LogP contribution in [0.3, 0.4) is 0 Å². The fourth-order valence-electron chi connectivity index (χ4n) is 3.46. The van der Waals surface area contributed by atoms with E-state index in [1.165, 1.54) is 0 Å². The molecule has 0 atom stereocenters. The Morgan fingerprint density at radius 2 is 1.97 bits per heavy atom. The number of aromatic nitrogens is 3. The maximum absolute atomic E-state index is 13.1. The number of amides is 1. The normalized spacial score (nSPS) is 10.9. The van der Waals surface area contributed by atoms with Crippen molar-refractivity contribution in [2.24, 2.45) is 0 Å². The number of rotatable bonds is 7. The van der Waals surface area contributed by atoms with E-state index in [0.717, 1.165) is 16.9 Å². The van der Waals surface area contributed by atoms with Gasteiger partial charge in [-0.15, -0.1) is 0 Å². The summed E-state index contributed by atoms with van der Waals surface area (Å²) in [5.74, 6) is 1.04. The topological polar surface area (TPSA) is 103 Å². The molecule has 5 aromatic rings. The molecule has 0 aliphatic heterocycles. The Morgan fingerprint density at radius 3 is 2.73 bits per heavy atom. The number of aryl methyl sites for hydroxylation is 1. The number of nitrogens with one attached hydrogen (secondary N) is 1. The Morgan fingerprint density at radius 1 is 1.09 bits per heavy atom. The number of furan rings is 1. The summed E-state index contributed by atoms with van der Waals surface area (Å²) in [7, 11) is 0. The van der Waals surface area contributed by atoms with E-state index in [4.69, 9.17) is 13.7 Å². The zero-order chi connectivity index (χ0) is 22.6. The van der Waals surface area contributed by atoms with Crippen molar-refractivity contribution in [1.29, 1.82) is 0 Å². The average Bonchev–Trinajstić information content (AvgIpc) is 3.52. The molecule has 4 heterocycles. The molecule has 0 saturated heterocycles. The number of ether oxygens (including phenoxy) is 1. The highest BCUT2D eigenvalue weighted by atomic mass is 16.5. The molecule has 0 spiro atoms. The number of hydrogen-bond donors (Lipinski definition) is 1. The van der Waals surface area contributed by atoms with Crippen molar-refractivity contribution in [3.8, 4) is 17.2 Å². The van der Waals surface area contributed by atoms with Crippen LogP contribution in [-0.4, -0.2) is 21.0 Å². The second-order valence-corrected chi connectivity index (χ2v) is 7.46. The summed E-state index contributed by atoms with van der Waals surface area (Å²) in [5.41, 5.74) is 3.77. The van der Waals surface area contributed by atoms with Gasteiger partial charge in [-0.2, -0.15) is 0 Å². The number of benzene rings is 1. The Hall–Kier alpha value is -4.46. The molecule has 164 valence electrons. The minimum absolute atomic E-state index is 0.251. The molecule has 4 aromatic heterocycles. The van der Waals surface area contributed by atoms with E-state index < -0.39 is 0 Å². The fraction of sp³-hybridized carbons (Fsp3) is 0.120. The minimum Gasteiger partial charge on any atom is -0.489 e. The second kappa shape index (κ2) is 8.96. The Labute approximate surface area is 189 Å². The van der Waals surface area contributed by atoms with Crippen LogP contribution in [0.1, 0.15) is 27.2 Å². The third-order valence-corrected chi connectivity index (χ3v) is 5.14. The number of pyridine rings is 2. The zero-order valence-electron chi connectivity index (χ0n) is 17.8. The van der Waals surface area contributed by atoms with Crippen molar-refractivity contribution >= 4 is 17.0 Å². The van der Waals surface area contributed by atoms with Gasteiger partial charge in [0.2, 0.25) is 0 Å². The van der Waals surface area contributed by atoms with Crippen molar-refractivity contribution in [2.45, 2.75) is 20.1 Å². The summed E-state index contributed by atoms with van der Waals surface area (Å²) >= 11 is 0. The van der Waals surface area contributed by atoms with Crippen LogP contribution in [0.15, 0.2) is 82.2 Å². The van der Waals surface area contributed by atoms with Crippen LogP contribution in [0, 0.1) is 6.92 Å². The molecule has 1 aromatic carbocycles. The molecule has 0 saturated carbocycles. The monoisotopic (exact) mass is 440 g/mol. The van der Waals surface area contributed by atoms with Gasteiger partial charge in [0, 0.05) is 24.5 Å². The van der Waals surface area contributed by atoms with E-state index in [-0.39, 0.29) is 5.91 Å². The summed E-state index contributed by atoms with van der Waals surface area (Å²) in [5, 5.41) is 7.51. The van der Waals surface area contributed by atoms with Crippen LogP contribution in [-0.2, 0) is 13.2 Å². The van der Waals surface area contributed by atoms with E-state index in [1.807, 2.05) is 36.4 Å². The van der Waals surface area contributed by atoms with E-state index in [2.05, 4.69) is 20.4 Å². The van der Waals surface area contributed by atoms with E-state index in [9.17, 15) is 4.79 Å².